The van der Waals surface area contributed by atoms with Crippen LogP contribution in [0.5, 0.6) is 0 Å². The molecule has 9 heteroatoms. The monoisotopic (exact) mass is 410 g/mol. The van der Waals surface area contributed by atoms with Gasteiger partial charge in [0.05, 0.1) is 17.4 Å². The van der Waals surface area contributed by atoms with Crippen molar-refractivity contribution in [3.05, 3.63) is 29.8 Å². The van der Waals surface area contributed by atoms with Gasteiger partial charge >= 0.3 is 5.97 Å². The van der Waals surface area contributed by atoms with Gasteiger partial charge in [-0.3, -0.25) is 9.79 Å². The summed E-state index contributed by atoms with van der Waals surface area (Å²) in [5.74, 6) is 0.296. The van der Waals surface area contributed by atoms with E-state index in [9.17, 15) is 13.2 Å². The van der Waals surface area contributed by atoms with E-state index in [0.717, 1.165) is 19.4 Å². The number of ether oxygens (including phenoxy) is 1. The van der Waals surface area contributed by atoms with Crippen molar-refractivity contribution >= 4 is 22.0 Å². The average Bonchev–Trinajstić information content (AvgIpc) is 2.69. The minimum absolute atomic E-state index is 0.173. The number of guanidine groups is 1. The molecule has 156 valence electrons. The lowest BCUT2D eigenvalue weighted by Crippen LogP contribution is -2.48. The highest BCUT2D eigenvalue weighted by Gasteiger charge is 2.28. The van der Waals surface area contributed by atoms with Crippen molar-refractivity contribution in [3.63, 3.8) is 0 Å². The SMILES string of the molecule is CCOC(=O)C1CCCN(C(=NC)NCc2ccccc2S(=O)(=O)N(C)C)C1. The minimum atomic E-state index is -3.53. The number of benzene rings is 1. The Balaban J connectivity index is 2.10. The highest BCUT2D eigenvalue weighted by atomic mass is 32.2. The van der Waals surface area contributed by atoms with Crippen molar-refractivity contribution < 1.29 is 17.9 Å². The first-order chi connectivity index (χ1) is 13.3. The van der Waals surface area contributed by atoms with Gasteiger partial charge in [0.1, 0.15) is 0 Å². The maximum absolute atomic E-state index is 12.6. The maximum atomic E-state index is 12.6. The summed E-state index contributed by atoms with van der Waals surface area (Å²) in [5.41, 5.74) is 0.663. The molecule has 2 rings (SSSR count). The fraction of sp³-hybridized carbons (Fsp3) is 0.579. The van der Waals surface area contributed by atoms with Gasteiger partial charge in [-0.15, -0.1) is 0 Å². The summed E-state index contributed by atoms with van der Waals surface area (Å²) in [6, 6.07) is 6.91. The van der Waals surface area contributed by atoms with E-state index in [1.165, 1.54) is 18.4 Å². The predicted molar refractivity (Wildman–Crippen MR) is 108 cm³/mol. The normalized spacial score (nSPS) is 18.2. The van der Waals surface area contributed by atoms with Crippen LogP contribution in [-0.2, 0) is 26.1 Å². The second-order valence-electron chi connectivity index (χ2n) is 6.83. The van der Waals surface area contributed by atoms with Gasteiger partial charge in [0.25, 0.3) is 0 Å². The van der Waals surface area contributed by atoms with E-state index in [-0.39, 0.29) is 16.8 Å². The minimum Gasteiger partial charge on any atom is -0.466 e. The van der Waals surface area contributed by atoms with Crippen LogP contribution in [0.3, 0.4) is 0 Å². The third kappa shape index (κ3) is 5.23. The number of likely N-dealkylation sites (tertiary alicyclic amines) is 1. The molecule has 8 nitrogen and oxygen atoms in total. The Hall–Kier alpha value is -2.13. The molecule has 1 aliphatic rings. The zero-order valence-corrected chi connectivity index (χ0v) is 17.8. The second kappa shape index (κ2) is 9.88. The largest absolute Gasteiger partial charge is 0.466 e. The molecule has 1 N–H and O–H groups in total. The van der Waals surface area contributed by atoms with Crippen LogP contribution in [0, 0.1) is 5.92 Å². The smallest absolute Gasteiger partial charge is 0.310 e. The summed E-state index contributed by atoms with van der Waals surface area (Å²) in [6.07, 6.45) is 1.67. The van der Waals surface area contributed by atoms with E-state index in [0.29, 0.717) is 31.2 Å². The van der Waals surface area contributed by atoms with Crippen LogP contribution in [0.15, 0.2) is 34.2 Å². The van der Waals surface area contributed by atoms with E-state index in [2.05, 4.69) is 10.3 Å². The van der Waals surface area contributed by atoms with E-state index >= 15 is 0 Å². The van der Waals surface area contributed by atoms with E-state index in [4.69, 9.17) is 4.74 Å². The van der Waals surface area contributed by atoms with Gasteiger partial charge in [-0.25, -0.2) is 12.7 Å². The molecule has 0 bridgehead atoms. The summed E-state index contributed by atoms with van der Waals surface area (Å²) in [4.78, 5) is 18.7. The number of piperidine rings is 1. The number of nitrogens with one attached hydrogen (secondary N) is 1. The van der Waals surface area contributed by atoms with Crippen LogP contribution in [0.4, 0.5) is 0 Å². The maximum Gasteiger partial charge on any atom is 0.310 e. The fourth-order valence-corrected chi connectivity index (χ4v) is 4.34. The molecule has 1 aromatic carbocycles. The lowest BCUT2D eigenvalue weighted by Gasteiger charge is -2.34. The number of rotatable bonds is 6. The average molecular weight is 411 g/mol. The molecule has 1 aliphatic heterocycles. The van der Waals surface area contributed by atoms with Crippen molar-refractivity contribution in [2.45, 2.75) is 31.2 Å². The van der Waals surface area contributed by atoms with Gasteiger partial charge in [0.15, 0.2) is 5.96 Å². The number of nitrogens with zero attached hydrogens (tertiary/aromatic N) is 3. The quantitative estimate of drug-likeness (QED) is 0.432. The number of aliphatic imine (C=N–C) groups is 1. The van der Waals surface area contributed by atoms with E-state index in [1.54, 1.807) is 32.2 Å². The first-order valence-corrected chi connectivity index (χ1v) is 10.9. The van der Waals surface area contributed by atoms with Gasteiger partial charge in [0.2, 0.25) is 10.0 Å². The zero-order valence-electron chi connectivity index (χ0n) is 17.0. The molecule has 1 heterocycles. The molecular formula is C19H30N4O4S. The lowest BCUT2D eigenvalue weighted by atomic mass is 9.98. The fourth-order valence-electron chi connectivity index (χ4n) is 3.23. The van der Waals surface area contributed by atoms with Crippen molar-refractivity contribution in [2.24, 2.45) is 10.9 Å². The number of hydrogen-bond acceptors (Lipinski definition) is 5. The Morgan fingerprint density at radius 3 is 2.71 bits per heavy atom. The number of carbonyl (C=O) groups is 1. The molecule has 0 aliphatic carbocycles. The van der Waals surface area contributed by atoms with Gasteiger partial charge in [-0.05, 0) is 31.4 Å². The highest BCUT2D eigenvalue weighted by Crippen LogP contribution is 2.20. The van der Waals surface area contributed by atoms with Crippen molar-refractivity contribution in [1.29, 1.82) is 0 Å². The molecule has 1 fully saturated rings. The summed E-state index contributed by atoms with van der Waals surface area (Å²) in [7, 11) is 1.18. The molecule has 0 spiro atoms. The Kier molecular flexibility index (Phi) is 7.82. The highest BCUT2D eigenvalue weighted by molar-refractivity contribution is 7.89. The molecule has 0 radical (unpaired) electrons. The van der Waals surface area contributed by atoms with Gasteiger partial charge in [0, 0.05) is 40.8 Å². The summed E-state index contributed by atoms with van der Waals surface area (Å²) in [5, 5.41) is 3.24. The molecular weight excluding hydrogens is 380 g/mol. The van der Waals surface area contributed by atoms with Gasteiger partial charge < -0.3 is 15.0 Å². The zero-order chi connectivity index (χ0) is 20.7. The Morgan fingerprint density at radius 2 is 2.07 bits per heavy atom. The molecule has 0 amide bonds. The second-order valence-corrected chi connectivity index (χ2v) is 8.95. The Morgan fingerprint density at radius 1 is 1.36 bits per heavy atom. The molecule has 0 saturated carbocycles. The lowest BCUT2D eigenvalue weighted by molar-refractivity contribution is -0.149. The van der Waals surface area contributed by atoms with Crippen molar-refractivity contribution in [2.75, 3.05) is 40.8 Å². The molecule has 0 aromatic heterocycles. The standard InChI is InChI=1S/C19H30N4O4S/c1-5-27-18(24)16-10-8-12-23(14-16)19(20-2)21-13-15-9-6-7-11-17(15)28(25,26)22(3)4/h6-7,9,11,16H,5,8,10,12-14H2,1-4H3,(H,20,21). The molecule has 1 aromatic rings. The van der Waals surface area contributed by atoms with Crippen molar-refractivity contribution in [3.8, 4) is 0 Å². The van der Waals surface area contributed by atoms with Gasteiger partial charge in [-0.2, -0.15) is 0 Å². The third-order valence-corrected chi connectivity index (χ3v) is 6.64. The first-order valence-electron chi connectivity index (χ1n) is 9.44. The summed E-state index contributed by atoms with van der Waals surface area (Å²) in [6.45, 7) is 3.82. The first kappa shape index (κ1) is 22.2. The topological polar surface area (TPSA) is 91.3 Å². The van der Waals surface area contributed by atoms with Crippen LogP contribution in [-0.4, -0.2) is 70.4 Å². The molecule has 1 saturated heterocycles. The van der Waals surface area contributed by atoms with Crippen molar-refractivity contribution in [1.82, 2.24) is 14.5 Å². The number of sulfonamides is 1. The van der Waals surface area contributed by atoms with Crippen LogP contribution >= 0.6 is 0 Å². The third-order valence-electron chi connectivity index (χ3n) is 4.72. The molecule has 1 atom stereocenters. The molecule has 28 heavy (non-hydrogen) atoms. The van der Waals surface area contributed by atoms with Crippen LogP contribution in [0.2, 0.25) is 0 Å². The summed E-state index contributed by atoms with van der Waals surface area (Å²) >= 11 is 0. The number of hydrogen-bond donors (Lipinski definition) is 1. The number of esters is 1. The van der Waals surface area contributed by atoms with Gasteiger partial charge in [-0.1, -0.05) is 18.2 Å². The van der Waals surface area contributed by atoms with Crippen LogP contribution in [0.1, 0.15) is 25.3 Å². The number of carbonyl (C=O) groups excluding carboxylic acids is 1. The molecule has 1 unspecified atom stereocenters. The Labute approximate surface area is 167 Å². The predicted octanol–water partition coefficient (Wildman–Crippen LogP) is 1.29. The van der Waals surface area contributed by atoms with Crippen LogP contribution in [0.25, 0.3) is 0 Å². The Bertz CT molecular complexity index is 808. The van der Waals surface area contributed by atoms with E-state index in [1.807, 2.05) is 11.0 Å². The summed E-state index contributed by atoms with van der Waals surface area (Å²) < 4.78 is 31.5. The van der Waals surface area contributed by atoms with E-state index < -0.39 is 10.0 Å². The van der Waals surface area contributed by atoms with Crippen LogP contribution < -0.4 is 5.32 Å².